The second-order valence-electron chi connectivity index (χ2n) is 4.79. The van der Waals surface area contributed by atoms with Crippen molar-refractivity contribution in [2.75, 3.05) is 5.43 Å². The van der Waals surface area contributed by atoms with Gasteiger partial charge in [0.2, 0.25) is 0 Å². The second kappa shape index (κ2) is 5.73. The molecule has 21 heavy (non-hydrogen) atoms. The lowest BCUT2D eigenvalue weighted by Gasteiger charge is -2.09. The zero-order valence-electron chi connectivity index (χ0n) is 11.7. The van der Waals surface area contributed by atoms with E-state index < -0.39 is 0 Å². The van der Waals surface area contributed by atoms with Gasteiger partial charge in [-0.15, -0.1) is 0 Å². The molecule has 0 aliphatic heterocycles. The molecule has 0 unspecified atom stereocenters. The summed E-state index contributed by atoms with van der Waals surface area (Å²) in [6.07, 6.45) is 0. The summed E-state index contributed by atoms with van der Waals surface area (Å²) in [6.45, 7) is 2.05. The van der Waals surface area contributed by atoms with E-state index in [-0.39, 0.29) is 0 Å². The molecule has 4 nitrogen and oxygen atoms in total. The SMILES string of the molecule is Cc1ccccc1-c1nc(NN)cc(-c2ccccc2)n1. The first kappa shape index (κ1) is 13.3. The van der Waals surface area contributed by atoms with Crippen LogP contribution in [0.25, 0.3) is 22.6 Å². The molecule has 1 heterocycles. The number of nitrogens with zero attached hydrogens (tertiary/aromatic N) is 2. The Balaban J connectivity index is 2.17. The number of nitrogens with two attached hydrogens (primary N) is 1. The highest BCUT2D eigenvalue weighted by atomic mass is 15.3. The normalized spacial score (nSPS) is 10.4. The van der Waals surface area contributed by atoms with Crippen molar-refractivity contribution >= 4 is 5.82 Å². The minimum atomic E-state index is 0.599. The van der Waals surface area contributed by atoms with Gasteiger partial charge in [-0.3, -0.25) is 0 Å². The van der Waals surface area contributed by atoms with Crippen LogP contribution in [-0.2, 0) is 0 Å². The highest BCUT2D eigenvalue weighted by Gasteiger charge is 2.09. The number of benzene rings is 2. The van der Waals surface area contributed by atoms with E-state index in [1.807, 2.05) is 67.6 Å². The summed E-state index contributed by atoms with van der Waals surface area (Å²) in [5.41, 5.74) is 6.63. The molecule has 3 N–H and O–H groups in total. The predicted molar refractivity (Wildman–Crippen MR) is 85.5 cm³/mol. The number of hydrogen-bond acceptors (Lipinski definition) is 4. The Morgan fingerprint density at radius 2 is 1.62 bits per heavy atom. The maximum atomic E-state index is 5.54. The van der Waals surface area contributed by atoms with Gasteiger partial charge in [-0.25, -0.2) is 15.8 Å². The maximum Gasteiger partial charge on any atom is 0.162 e. The minimum absolute atomic E-state index is 0.599. The standard InChI is InChI=1S/C17H16N4/c1-12-7-5-6-10-14(12)17-19-15(11-16(20-17)21-18)13-8-3-2-4-9-13/h2-11H,18H2,1H3,(H,19,20,21). The van der Waals surface area contributed by atoms with Crippen LogP contribution < -0.4 is 11.3 Å². The van der Waals surface area contributed by atoms with E-state index >= 15 is 0 Å². The highest BCUT2D eigenvalue weighted by molar-refractivity contribution is 5.68. The van der Waals surface area contributed by atoms with Gasteiger partial charge < -0.3 is 5.43 Å². The van der Waals surface area contributed by atoms with Crippen LogP contribution >= 0.6 is 0 Å². The number of anilines is 1. The molecule has 0 saturated carbocycles. The molecular formula is C17H16N4. The van der Waals surface area contributed by atoms with Crippen molar-refractivity contribution in [1.82, 2.24) is 9.97 Å². The number of nitrogens with one attached hydrogen (secondary N) is 1. The van der Waals surface area contributed by atoms with Crippen LogP contribution in [0.1, 0.15) is 5.56 Å². The van der Waals surface area contributed by atoms with Crippen molar-refractivity contribution < 1.29 is 0 Å². The highest BCUT2D eigenvalue weighted by Crippen LogP contribution is 2.25. The van der Waals surface area contributed by atoms with E-state index in [1.54, 1.807) is 0 Å². The van der Waals surface area contributed by atoms with Gasteiger partial charge in [0, 0.05) is 17.2 Å². The Kier molecular flexibility index (Phi) is 3.62. The van der Waals surface area contributed by atoms with Crippen LogP contribution in [0.4, 0.5) is 5.82 Å². The zero-order chi connectivity index (χ0) is 14.7. The molecule has 3 aromatic rings. The topological polar surface area (TPSA) is 63.8 Å². The third kappa shape index (κ3) is 2.75. The fraction of sp³-hybridized carbons (Fsp3) is 0.0588. The molecule has 0 fully saturated rings. The molecule has 0 bridgehead atoms. The number of hydrazine groups is 1. The van der Waals surface area contributed by atoms with E-state index in [0.29, 0.717) is 11.6 Å². The quantitative estimate of drug-likeness (QED) is 0.568. The summed E-state index contributed by atoms with van der Waals surface area (Å²) in [6, 6.07) is 19.9. The third-order valence-corrected chi connectivity index (χ3v) is 3.33. The van der Waals surface area contributed by atoms with Gasteiger partial charge in [-0.1, -0.05) is 54.6 Å². The van der Waals surface area contributed by atoms with Crippen molar-refractivity contribution in [3.05, 3.63) is 66.2 Å². The van der Waals surface area contributed by atoms with Crippen LogP contribution in [0.2, 0.25) is 0 Å². The first-order chi connectivity index (χ1) is 10.3. The molecule has 3 rings (SSSR count). The Labute approximate surface area is 123 Å². The number of aromatic nitrogens is 2. The molecule has 1 aromatic heterocycles. The molecule has 0 aliphatic carbocycles. The van der Waals surface area contributed by atoms with Gasteiger partial charge in [-0.2, -0.15) is 0 Å². The fourth-order valence-electron chi connectivity index (χ4n) is 2.22. The third-order valence-electron chi connectivity index (χ3n) is 3.33. The van der Waals surface area contributed by atoms with E-state index in [1.165, 1.54) is 0 Å². The summed E-state index contributed by atoms with van der Waals surface area (Å²) < 4.78 is 0. The Bertz CT molecular complexity index is 754. The molecule has 0 spiro atoms. The van der Waals surface area contributed by atoms with Gasteiger partial charge in [0.15, 0.2) is 5.82 Å². The average molecular weight is 276 g/mol. The number of rotatable bonds is 3. The number of nitrogen functional groups attached to an aromatic ring is 1. The Hall–Kier alpha value is -2.72. The summed E-state index contributed by atoms with van der Waals surface area (Å²) in [7, 11) is 0. The van der Waals surface area contributed by atoms with Crippen molar-refractivity contribution in [1.29, 1.82) is 0 Å². The van der Waals surface area contributed by atoms with Gasteiger partial charge in [0.05, 0.1) is 5.69 Å². The molecule has 0 aliphatic rings. The van der Waals surface area contributed by atoms with E-state index in [0.717, 1.165) is 22.4 Å². The lowest BCUT2D eigenvalue weighted by atomic mass is 10.1. The zero-order valence-corrected chi connectivity index (χ0v) is 11.7. The first-order valence-corrected chi connectivity index (χ1v) is 6.75. The van der Waals surface area contributed by atoms with E-state index in [4.69, 9.17) is 5.84 Å². The predicted octanol–water partition coefficient (Wildman–Crippen LogP) is 3.40. The van der Waals surface area contributed by atoms with Crippen LogP contribution in [0.3, 0.4) is 0 Å². The van der Waals surface area contributed by atoms with E-state index in [2.05, 4.69) is 15.4 Å². The molecule has 2 aromatic carbocycles. The summed E-state index contributed by atoms with van der Waals surface area (Å²) in [5.74, 6) is 6.81. The fourth-order valence-corrected chi connectivity index (χ4v) is 2.22. The summed E-state index contributed by atoms with van der Waals surface area (Å²) >= 11 is 0. The van der Waals surface area contributed by atoms with Crippen LogP contribution in [0.15, 0.2) is 60.7 Å². The van der Waals surface area contributed by atoms with Gasteiger partial charge in [0.25, 0.3) is 0 Å². The lowest BCUT2D eigenvalue weighted by Crippen LogP contribution is -2.10. The summed E-state index contributed by atoms with van der Waals surface area (Å²) in [4.78, 5) is 9.14. The molecular weight excluding hydrogens is 260 g/mol. The van der Waals surface area contributed by atoms with Gasteiger partial charge >= 0.3 is 0 Å². The van der Waals surface area contributed by atoms with Gasteiger partial charge in [0.1, 0.15) is 5.82 Å². The molecule has 0 atom stereocenters. The van der Waals surface area contributed by atoms with Crippen molar-refractivity contribution in [3.8, 4) is 22.6 Å². The molecule has 0 radical (unpaired) electrons. The lowest BCUT2D eigenvalue weighted by molar-refractivity contribution is 1.14. The summed E-state index contributed by atoms with van der Waals surface area (Å²) in [5, 5.41) is 0. The number of hydrogen-bond donors (Lipinski definition) is 2. The number of aryl methyl sites for hydroxylation is 1. The molecule has 4 heteroatoms. The average Bonchev–Trinajstić information content (AvgIpc) is 2.55. The minimum Gasteiger partial charge on any atom is -0.308 e. The van der Waals surface area contributed by atoms with Crippen molar-refractivity contribution in [2.45, 2.75) is 6.92 Å². The molecule has 0 saturated heterocycles. The largest absolute Gasteiger partial charge is 0.308 e. The second-order valence-corrected chi connectivity index (χ2v) is 4.79. The van der Waals surface area contributed by atoms with Crippen LogP contribution in [0, 0.1) is 6.92 Å². The first-order valence-electron chi connectivity index (χ1n) is 6.75. The van der Waals surface area contributed by atoms with Crippen LogP contribution in [-0.4, -0.2) is 9.97 Å². The molecule has 104 valence electrons. The molecule has 0 amide bonds. The monoisotopic (exact) mass is 276 g/mol. The van der Waals surface area contributed by atoms with Crippen molar-refractivity contribution in [3.63, 3.8) is 0 Å². The van der Waals surface area contributed by atoms with Crippen molar-refractivity contribution in [2.24, 2.45) is 5.84 Å². The van der Waals surface area contributed by atoms with E-state index in [9.17, 15) is 0 Å². The Morgan fingerprint density at radius 1 is 0.905 bits per heavy atom. The van der Waals surface area contributed by atoms with Crippen LogP contribution in [0.5, 0.6) is 0 Å². The maximum absolute atomic E-state index is 5.54. The Morgan fingerprint density at radius 3 is 2.33 bits per heavy atom. The van der Waals surface area contributed by atoms with Gasteiger partial charge in [-0.05, 0) is 12.5 Å². The smallest absolute Gasteiger partial charge is 0.162 e.